The van der Waals surface area contributed by atoms with Gasteiger partial charge >= 0.3 is 0 Å². The molecule has 0 unspecified atom stereocenters. The van der Waals surface area contributed by atoms with Crippen LogP contribution in [0.4, 0.5) is 11.4 Å². The number of nitrogens with two attached hydrogens (primary N) is 2. The molecule has 0 heterocycles. The summed E-state index contributed by atoms with van der Waals surface area (Å²) in [6, 6.07) is 8.21. The number of methoxy groups -OCH3 is 2. The van der Waals surface area contributed by atoms with Gasteiger partial charge in [-0.1, -0.05) is 6.07 Å². The molecule has 0 atom stereocenters. The van der Waals surface area contributed by atoms with E-state index in [4.69, 9.17) is 30.0 Å². The van der Waals surface area contributed by atoms with Gasteiger partial charge in [-0.2, -0.15) is 16.8 Å². The van der Waals surface area contributed by atoms with Gasteiger partial charge in [-0.15, -0.1) is 0 Å². The van der Waals surface area contributed by atoms with Gasteiger partial charge in [0, 0.05) is 6.07 Å². The van der Waals surface area contributed by atoms with Crippen molar-refractivity contribution in [2.24, 2.45) is 0 Å². The second-order valence-corrected chi connectivity index (χ2v) is 7.48. The molecule has 0 radical (unpaired) electrons. The van der Waals surface area contributed by atoms with Gasteiger partial charge in [0.2, 0.25) is 0 Å². The van der Waals surface area contributed by atoms with Crippen molar-refractivity contribution in [3.8, 4) is 11.5 Å². The predicted octanol–water partition coefficient (Wildman–Crippen LogP) is 1.05. The molecule has 0 spiro atoms. The molecule has 0 aliphatic carbocycles. The number of rotatable bonds is 4. The molecule has 0 bridgehead atoms. The summed E-state index contributed by atoms with van der Waals surface area (Å²) in [5.41, 5.74) is 10.6. The van der Waals surface area contributed by atoms with E-state index >= 15 is 0 Å². The molecule has 2 aromatic rings. The van der Waals surface area contributed by atoms with Crippen LogP contribution in [0.15, 0.2) is 46.2 Å². The third kappa shape index (κ3) is 5.49. The highest BCUT2D eigenvalue weighted by molar-refractivity contribution is 7.86. The highest BCUT2D eigenvalue weighted by Gasteiger charge is 2.19. The van der Waals surface area contributed by atoms with Gasteiger partial charge in [-0.3, -0.25) is 9.11 Å². The number of ether oxygens (including phenoxy) is 2. The third-order valence-corrected chi connectivity index (χ3v) is 4.86. The number of benzene rings is 2. The minimum absolute atomic E-state index is 0.0301. The van der Waals surface area contributed by atoms with E-state index < -0.39 is 25.1 Å². The molecule has 0 fully saturated rings. The largest absolute Gasteiger partial charge is 0.497 e. The van der Waals surface area contributed by atoms with Gasteiger partial charge in [0.05, 0.1) is 25.6 Å². The van der Waals surface area contributed by atoms with Crippen LogP contribution < -0.4 is 20.9 Å². The average Bonchev–Trinajstić information content (AvgIpc) is 2.52. The maximum atomic E-state index is 10.8. The molecular formula is C14H18N2O8S2. The van der Waals surface area contributed by atoms with Gasteiger partial charge in [0.25, 0.3) is 20.2 Å². The molecule has 6 N–H and O–H groups in total. The van der Waals surface area contributed by atoms with Crippen LogP contribution in [-0.2, 0) is 20.2 Å². The van der Waals surface area contributed by atoms with E-state index in [2.05, 4.69) is 0 Å². The lowest BCUT2D eigenvalue weighted by atomic mass is 10.3. The minimum Gasteiger partial charge on any atom is -0.497 e. The van der Waals surface area contributed by atoms with E-state index in [0.717, 1.165) is 0 Å². The lowest BCUT2D eigenvalue weighted by Gasteiger charge is -2.07. The van der Waals surface area contributed by atoms with Crippen LogP contribution in [0.2, 0.25) is 0 Å². The molecule has 2 aromatic carbocycles. The fourth-order valence-corrected chi connectivity index (χ4v) is 3.23. The fourth-order valence-electron chi connectivity index (χ4n) is 1.86. The summed E-state index contributed by atoms with van der Waals surface area (Å²) >= 11 is 0. The van der Waals surface area contributed by atoms with Crippen molar-refractivity contribution in [2.45, 2.75) is 9.79 Å². The van der Waals surface area contributed by atoms with Crippen LogP contribution in [0.5, 0.6) is 11.5 Å². The van der Waals surface area contributed by atoms with Gasteiger partial charge in [-0.25, -0.2) is 0 Å². The van der Waals surface area contributed by atoms with E-state index in [1.54, 1.807) is 0 Å². The standard InChI is InChI=1S/2C7H9NO4S/c1-12-5-2-3-7(6(8)4-5)13(9,10)11;1-12-6-4-2-3-5(8)7(6)13(9,10)11/h2*2-4H,8H2,1H3,(H,9,10,11). The van der Waals surface area contributed by atoms with Crippen molar-refractivity contribution in [3.63, 3.8) is 0 Å². The monoisotopic (exact) mass is 406 g/mol. The highest BCUT2D eigenvalue weighted by atomic mass is 32.2. The molecule has 0 saturated carbocycles. The Kier molecular flexibility index (Phi) is 6.80. The molecule has 0 aliphatic rings. The second kappa shape index (κ2) is 8.23. The topological polar surface area (TPSA) is 179 Å². The van der Waals surface area contributed by atoms with Crippen molar-refractivity contribution >= 4 is 31.6 Å². The molecule has 0 aromatic heterocycles. The zero-order valence-corrected chi connectivity index (χ0v) is 15.4. The number of hydrogen-bond donors (Lipinski definition) is 4. The Morgan fingerprint density at radius 3 is 1.85 bits per heavy atom. The molecule has 2 rings (SSSR count). The van der Waals surface area contributed by atoms with Crippen LogP contribution in [0.3, 0.4) is 0 Å². The first-order valence-corrected chi connectivity index (χ1v) is 9.60. The quantitative estimate of drug-likeness (QED) is 0.423. The van der Waals surface area contributed by atoms with E-state index in [1.165, 1.54) is 50.6 Å². The van der Waals surface area contributed by atoms with Crippen LogP contribution in [0.25, 0.3) is 0 Å². The Morgan fingerprint density at radius 1 is 0.846 bits per heavy atom. The molecular weight excluding hydrogens is 388 g/mol. The van der Waals surface area contributed by atoms with E-state index in [1.807, 2.05) is 0 Å². The molecule has 144 valence electrons. The normalized spacial score (nSPS) is 11.2. The van der Waals surface area contributed by atoms with Crippen LogP contribution in [-0.4, -0.2) is 40.2 Å². The van der Waals surface area contributed by atoms with Gasteiger partial charge in [-0.05, 0) is 24.3 Å². The molecule has 26 heavy (non-hydrogen) atoms. The smallest absolute Gasteiger partial charge is 0.300 e. The Bertz CT molecular complexity index is 988. The maximum Gasteiger partial charge on any atom is 0.300 e. The summed E-state index contributed by atoms with van der Waals surface area (Å²) < 4.78 is 70.1. The first-order valence-electron chi connectivity index (χ1n) is 6.72. The van der Waals surface area contributed by atoms with Crippen molar-refractivity contribution in [2.75, 3.05) is 25.7 Å². The number of nitrogen functional groups attached to an aromatic ring is 2. The van der Waals surface area contributed by atoms with Crippen molar-refractivity contribution in [3.05, 3.63) is 36.4 Å². The van der Waals surface area contributed by atoms with Gasteiger partial charge in [0.1, 0.15) is 16.4 Å². The fraction of sp³-hybridized carbons (Fsp3) is 0.143. The summed E-state index contributed by atoms with van der Waals surface area (Å²) in [5, 5.41) is 0. The highest BCUT2D eigenvalue weighted by Crippen LogP contribution is 2.28. The summed E-state index contributed by atoms with van der Waals surface area (Å²) in [6.45, 7) is 0. The summed E-state index contributed by atoms with van der Waals surface area (Å²) in [5.74, 6) is 0.465. The molecule has 12 heteroatoms. The Balaban J connectivity index is 0.000000260. The average molecular weight is 406 g/mol. The van der Waals surface area contributed by atoms with Crippen LogP contribution in [0.1, 0.15) is 0 Å². The van der Waals surface area contributed by atoms with Crippen molar-refractivity contribution in [1.82, 2.24) is 0 Å². The van der Waals surface area contributed by atoms with E-state index in [-0.39, 0.29) is 22.0 Å². The third-order valence-electron chi connectivity index (χ3n) is 2.98. The zero-order valence-electron chi connectivity index (χ0n) is 13.8. The molecule has 10 nitrogen and oxygen atoms in total. The summed E-state index contributed by atoms with van der Waals surface area (Å²) in [6.07, 6.45) is 0. The Hall–Kier alpha value is -2.54. The first kappa shape index (κ1) is 21.5. The number of hydrogen-bond acceptors (Lipinski definition) is 8. The molecule has 0 aliphatic heterocycles. The lowest BCUT2D eigenvalue weighted by Crippen LogP contribution is -2.05. The predicted molar refractivity (Wildman–Crippen MR) is 94.4 cm³/mol. The minimum atomic E-state index is -4.33. The zero-order chi connectivity index (χ0) is 20.1. The van der Waals surface area contributed by atoms with E-state index in [0.29, 0.717) is 5.75 Å². The molecule has 0 saturated heterocycles. The van der Waals surface area contributed by atoms with Gasteiger partial charge < -0.3 is 20.9 Å². The lowest BCUT2D eigenvalue weighted by molar-refractivity contribution is 0.398. The van der Waals surface area contributed by atoms with Gasteiger partial charge in [0.15, 0.2) is 4.90 Å². The van der Waals surface area contributed by atoms with Crippen LogP contribution in [0, 0.1) is 0 Å². The summed E-state index contributed by atoms with van der Waals surface area (Å²) in [4.78, 5) is -0.703. The van der Waals surface area contributed by atoms with E-state index in [9.17, 15) is 16.8 Å². The maximum absolute atomic E-state index is 10.8. The Morgan fingerprint density at radius 2 is 1.46 bits per heavy atom. The number of anilines is 2. The second-order valence-electron chi connectivity index (χ2n) is 4.73. The van der Waals surface area contributed by atoms with Crippen LogP contribution >= 0.6 is 0 Å². The molecule has 0 amide bonds. The summed E-state index contributed by atoms with van der Waals surface area (Å²) in [7, 11) is -5.84. The Labute approximate surface area is 150 Å². The first-order chi connectivity index (χ1) is 11.9. The van der Waals surface area contributed by atoms with Crippen molar-refractivity contribution in [1.29, 1.82) is 0 Å². The van der Waals surface area contributed by atoms with Crippen molar-refractivity contribution < 1.29 is 35.4 Å². The SMILES string of the molecule is COc1ccc(S(=O)(=O)O)c(N)c1.COc1cccc(N)c1S(=O)(=O)O.